The number of halogens is 2. The summed E-state index contributed by atoms with van der Waals surface area (Å²) < 4.78 is 24.8. The molecule has 2 aromatic heterocycles. The van der Waals surface area contributed by atoms with Gasteiger partial charge in [-0.05, 0) is 96.8 Å². The molecule has 0 saturated heterocycles. The van der Waals surface area contributed by atoms with Gasteiger partial charge in [-0.3, -0.25) is 14.8 Å². The molecule has 322 valence electrons. The smallest absolute Gasteiger partial charge is 0.311 e. The highest BCUT2D eigenvalue weighted by Gasteiger charge is 2.32. The number of carboxylic acid groups (broad SMARTS) is 1. The monoisotopic (exact) mass is 886 g/mol. The number of aryl methyl sites for hydroxylation is 1. The zero-order valence-corrected chi connectivity index (χ0v) is 36.3. The number of benzene rings is 4. The van der Waals surface area contributed by atoms with Crippen molar-refractivity contribution in [2.24, 2.45) is 5.41 Å². The van der Waals surface area contributed by atoms with E-state index in [0.717, 1.165) is 33.4 Å². The van der Waals surface area contributed by atoms with Gasteiger partial charge in [0.1, 0.15) is 61.6 Å². The largest absolute Gasteiger partial charge is 0.488 e. The van der Waals surface area contributed by atoms with E-state index in [0.29, 0.717) is 66.4 Å². The van der Waals surface area contributed by atoms with Gasteiger partial charge in [-0.25, -0.2) is 0 Å². The van der Waals surface area contributed by atoms with Gasteiger partial charge in [0.05, 0.1) is 39.8 Å². The molecule has 6 aromatic rings. The molecule has 2 heterocycles. The second-order valence-electron chi connectivity index (χ2n) is 15.2. The van der Waals surface area contributed by atoms with Crippen molar-refractivity contribution in [2.75, 3.05) is 6.61 Å². The molecule has 0 bridgehead atoms. The summed E-state index contributed by atoms with van der Waals surface area (Å²) >= 11 is 13.4. The van der Waals surface area contributed by atoms with Crippen LogP contribution in [0.15, 0.2) is 97.6 Å². The van der Waals surface area contributed by atoms with Gasteiger partial charge in [0.25, 0.3) is 0 Å². The van der Waals surface area contributed by atoms with E-state index in [2.05, 4.69) is 22.1 Å². The molecule has 0 unspecified atom stereocenters. The van der Waals surface area contributed by atoms with Gasteiger partial charge in [-0.1, -0.05) is 59.6 Å². The maximum Gasteiger partial charge on any atom is 0.311 e. The molecule has 0 saturated carbocycles. The number of rotatable bonds is 19. The predicted octanol–water partition coefficient (Wildman–Crippen LogP) is 9.63. The van der Waals surface area contributed by atoms with Crippen LogP contribution in [0.4, 0.5) is 0 Å². The number of pyridine rings is 2. The first-order valence-corrected chi connectivity index (χ1v) is 20.6. The van der Waals surface area contributed by atoms with Crippen LogP contribution in [-0.4, -0.2) is 37.9 Å². The van der Waals surface area contributed by atoms with E-state index in [1.165, 1.54) is 19.3 Å². The lowest BCUT2D eigenvalue weighted by molar-refractivity contribution is -0.150. The second kappa shape index (κ2) is 20.9. The summed E-state index contributed by atoms with van der Waals surface area (Å²) in [4.78, 5) is 20.1. The fraction of sp³-hybridized carbons (Fsp3) is 0.245. The first kappa shape index (κ1) is 45.8. The van der Waals surface area contributed by atoms with Gasteiger partial charge in [-0.15, -0.1) is 0 Å². The number of nitriles is 2. The number of nitrogens with zero attached hydrogens (tertiary/aromatic N) is 4. The average molecular weight is 888 g/mol. The number of aromatic nitrogens is 2. The lowest BCUT2D eigenvalue weighted by Crippen LogP contribution is -2.32. The van der Waals surface area contributed by atoms with Crippen LogP contribution in [0.5, 0.6) is 23.0 Å². The fourth-order valence-electron chi connectivity index (χ4n) is 6.78. The Balaban J connectivity index is 1.19. The third kappa shape index (κ3) is 11.2. The van der Waals surface area contributed by atoms with Crippen LogP contribution in [0, 0.1) is 41.9 Å². The predicted molar refractivity (Wildman–Crippen MR) is 237 cm³/mol. The van der Waals surface area contributed by atoms with Crippen LogP contribution in [0.3, 0.4) is 0 Å². The number of aliphatic hydroxyl groups excluding tert-OH is 2. The molecule has 0 aliphatic rings. The molecule has 0 amide bonds. The first-order chi connectivity index (χ1) is 30.4. The highest BCUT2D eigenvalue weighted by molar-refractivity contribution is 6.32. The van der Waals surface area contributed by atoms with E-state index < -0.39 is 18.0 Å². The van der Waals surface area contributed by atoms with Gasteiger partial charge in [0, 0.05) is 53.6 Å². The molecular weight excluding hydrogens is 843 g/mol. The molecule has 0 aliphatic heterocycles. The Labute approximate surface area is 375 Å². The Hall–Kier alpha value is -6.67. The van der Waals surface area contributed by atoms with E-state index in [9.17, 15) is 30.6 Å². The molecule has 12 nitrogen and oxygen atoms in total. The van der Waals surface area contributed by atoms with Crippen molar-refractivity contribution in [1.29, 1.82) is 10.5 Å². The van der Waals surface area contributed by atoms with Crippen LogP contribution < -0.4 is 18.9 Å². The van der Waals surface area contributed by atoms with Gasteiger partial charge < -0.3 is 34.3 Å². The van der Waals surface area contributed by atoms with E-state index in [-0.39, 0.29) is 45.9 Å². The van der Waals surface area contributed by atoms with Gasteiger partial charge in [0.2, 0.25) is 0 Å². The van der Waals surface area contributed by atoms with Gasteiger partial charge in [0.15, 0.2) is 0 Å². The Kier molecular flexibility index (Phi) is 15.2. The minimum Gasteiger partial charge on any atom is -0.488 e. The van der Waals surface area contributed by atoms with Crippen LogP contribution in [0.2, 0.25) is 10.0 Å². The Morgan fingerprint density at radius 2 is 1.11 bits per heavy atom. The lowest BCUT2D eigenvalue weighted by Gasteiger charge is -2.23. The summed E-state index contributed by atoms with van der Waals surface area (Å²) in [6, 6.07) is 26.1. The SMILES string of the molecule is Cc1c(COc2cc(OCc3cncc(C#N)c3)c(CO)cc2Cl)cccc1-c1cccc(COc2cc(OCc3cncc(C#N)c3)c(CC[C@@](C)(CO)C(=O)O)cc2Cl)c1C. The maximum atomic E-state index is 11.9. The Morgan fingerprint density at radius 1 is 0.651 bits per heavy atom. The summed E-state index contributed by atoms with van der Waals surface area (Å²) in [5, 5.41) is 48.8. The Morgan fingerprint density at radius 3 is 1.56 bits per heavy atom. The van der Waals surface area contributed by atoms with Crippen molar-refractivity contribution in [3.05, 3.63) is 163 Å². The average Bonchev–Trinajstić information content (AvgIpc) is 3.29. The lowest BCUT2D eigenvalue weighted by atomic mass is 9.85. The van der Waals surface area contributed by atoms with Crippen molar-refractivity contribution < 1.29 is 39.1 Å². The van der Waals surface area contributed by atoms with E-state index in [1.54, 1.807) is 48.8 Å². The first-order valence-electron chi connectivity index (χ1n) is 19.8. The molecule has 63 heavy (non-hydrogen) atoms. The zero-order chi connectivity index (χ0) is 45.1. The Bertz CT molecular complexity index is 2710. The second-order valence-corrected chi connectivity index (χ2v) is 16.0. The van der Waals surface area contributed by atoms with Crippen molar-refractivity contribution in [3.63, 3.8) is 0 Å². The number of aliphatic hydroxyl groups is 2. The summed E-state index contributed by atoms with van der Waals surface area (Å²) in [6.07, 6.45) is 6.50. The van der Waals surface area contributed by atoms with E-state index in [1.807, 2.05) is 50.2 Å². The fourth-order valence-corrected chi connectivity index (χ4v) is 7.26. The third-order valence-electron chi connectivity index (χ3n) is 10.8. The van der Waals surface area contributed by atoms with Crippen molar-refractivity contribution in [2.45, 2.75) is 66.6 Å². The topological polar surface area (TPSA) is 188 Å². The zero-order valence-electron chi connectivity index (χ0n) is 34.8. The number of hydrogen-bond acceptors (Lipinski definition) is 11. The standard InChI is InChI=1S/C49H44Cl2N4O8/c1-30-37(27-62-46-16-44(60-25-34-12-32(18-52)20-54-22-34)36(14-42(46)50)10-11-49(3,29-57)48(58)59)6-4-8-40(30)41-9-5-7-38(31(41)2)28-63-47-17-45(39(24-56)15-43(47)51)61-26-35-13-33(19-53)21-55-23-35/h4-9,12-17,20-23,56-57H,10-11,24-29H2,1-3H3,(H,58,59)/t49-/m0/s1. The van der Waals surface area contributed by atoms with E-state index in [4.69, 9.17) is 42.1 Å². The van der Waals surface area contributed by atoms with Crippen molar-refractivity contribution >= 4 is 29.2 Å². The molecule has 0 fully saturated rings. The van der Waals surface area contributed by atoms with Crippen LogP contribution >= 0.6 is 23.2 Å². The van der Waals surface area contributed by atoms with Crippen molar-refractivity contribution in [1.82, 2.24) is 9.97 Å². The van der Waals surface area contributed by atoms with Crippen molar-refractivity contribution in [3.8, 4) is 46.3 Å². The van der Waals surface area contributed by atoms with Gasteiger partial charge in [-0.2, -0.15) is 10.5 Å². The normalized spacial score (nSPS) is 11.8. The summed E-state index contributed by atoms with van der Waals surface area (Å²) in [6.45, 7) is 5.26. The maximum absolute atomic E-state index is 11.9. The number of aliphatic carboxylic acids is 1. The summed E-state index contributed by atoms with van der Waals surface area (Å²) in [5.41, 5.74) is 7.72. The summed E-state index contributed by atoms with van der Waals surface area (Å²) in [5.74, 6) is 0.421. The number of carboxylic acids is 1. The molecule has 1 atom stereocenters. The molecule has 0 spiro atoms. The molecule has 0 aliphatic carbocycles. The highest BCUT2D eigenvalue weighted by Crippen LogP contribution is 2.38. The molecule has 14 heteroatoms. The molecule has 3 N–H and O–H groups in total. The van der Waals surface area contributed by atoms with Crippen LogP contribution in [-0.2, 0) is 44.2 Å². The summed E-state index contributed by atoms with van der Waals surface area (Å²) in [7, 11) is 0. The van der Waals surface area contributed by atoms with E-state index >= 15 is 0 Å². The number of hydrogen-bond donors (Lipinski definition) is 3. The number of carbonyl (C=O) groups is 1. The van der Waals surface area contributed by atoms with Crippen LogP contribution in [0.1, 0.15) is 69.0 Å². The quantitative estimate of drug-likeness (QED) is 0.0700. The van der Waals surface area contributed by atoms with Crippen LogP contribution in [0.25, 0.3) is 11.1 Å². The van der Waals surface area contributed by atoms with Gasteiger partial charge >= 0.3 is 5.97 Å². The molecule has 6 rings (SSSR count). The third-order valence-corrected chi connectivity index (χ3v) is 11.4. The molecule has 0 radical (unpaired) electrons. The minimum atomic E-state index is -1.37. The minimum absolute atomic E-state index is 0.0777. The molecule has 4 aromatic carbocycles. The number of ether oxygens (including phenoxy) is 4. The molecular formula is C49H44Cl2N4O8. The highest BCUT2D eigenvalue weighted by atomic mass is 35.5.